The average molecular weight is 395 g/mol. The number of halogens is 2. The van der Waals surface area contributed by atoms with Crippen LogP contribution in [0.3, 0.4) is 0 Å². The second kappa shape index (κ2) is 9.06. The van der Waals surface area contributed by atoms with Crippen LogP contribution in [0.15, 0.2) is 52.4 Å². The Morgan fingerprint density at radius 1 is 1.12 bits per heavy atom. The third kappa shape index (κ3) is 5.73. The second-order valence-electron chi connectivity index (χ2n) is 5.90. The molecule has 2 aromatic rings. The number of thioether (sulfide) groups is 1. The first kappa shape index (κ1) is 18.7. The Balaban J connectivity index is 1.85. The molecule has 0 saturated carbocycles. The fraction of sp³-hybridized carbons (Fsp3) is 0.316. The van der Waals surface area contributed by atoms with E-state index >= 15 is 0 Å². The van der Waals surface area contributed by atoms with Gasteiger partial charge >= 0.3 is 0 Å². The zero-order chi connectivity index (χ0) is 17.6. The normalized spacial score (nSPS) is 16.2. The summed E-state index contributed by atoms with van der Waals surface area (Å²) in [4.78, 5) is 8.32. The standard InChI is InChI=1S/C19H20Cl2N2OS/c1-14-2-5-16(6-3-14)25-19(13-23-8-10-24-11-9-23)22-18-12-15(20)4-7-17(18)21/h2-7,12H,8-11,13H2,1H3. The molecule has 0 radical (unpaired) electrons. The van der Waals surface area contributed by atoms with Gasteiger partial charge in [-0.3, -0.25) is 4.90 Å². The number of nitrogens with zero attached hydrogens (tertiary/aromatic N) is 2. The molecule has 0 amide bonds. The van der Waals surface area contributed by atoms with Crippen LogP contribution in [-0.4, -0.2) is 42.8 Å². The van der Waals surface area contributed by atoms with Crippen molar-refractivity contribution in [3.05, 3.63) is 58.1 Å². The number of hydrogen-bond donors (Lipinski definition) is 0. The first-order chi connectivity index (χ1) is 12.1. The zero-order valence-corrected chi connectivity index (χ0v) is 16.4. The molecule has 1 aliphatic rings. The van der Waals surface area contributed by atoms with Crippen LogP contribution < -0.4 is 0 Å². The molecule has 2 aromatic carbocycles. The van der Waals surface area contributed by atoms with Gasteiger partial charge in [0.05, 0.1) is 29.0 Å². The number of aliphatic imine (C=N–C) groups is 1. The topological polar surface area (TPSA) is 24.8 Å². The summed E-state index contributed by atoms with van der Waals surface area (Å²) in [6.45, 7) is 6.21. The van der Waals surface area contributed by atoms with Crippen molar-refractivity contribution >= 4 is 45.7 Å². The molecule has 0 aromatic heterocycles. The molecule has 1 fully saturated rings. The molecule has 1 aliphatic heterocycles. The highest BCUT2D eigenvalue weighted by Gasteiger charge is 2.15. The van der Waals surface area contributed by atoms with Crippen molar-refractivity contribution in [3.63, 3.8) is 0 Å². The van der Waals surface area contributed by atoms with E-state index in [1.165, 1.54) is 5.56 Å². The molecule has 0 atom stereocenters. The van der Waals surface area contributed by atoms with E-state index in [0.717, 1.165) is 42.8 Å². The zero-order valence-electron chi connectivity index (χ0n) is 14.0. The monoisotopic (exact) mass is 394 g/mol. The lowest BCUT2D eigenvalue weighted by atomic mass is 10.2. The van der Waals surface area contributed by atoms with E-state index in [4.69, 9.17) is 32.9 Å². The maximum atomic E-state index is 6.30. The SMILES string of the molecule is Cc1ccc(SC(CN2CCOCC2)=Nc2cc(Cl)ccc2Cl)cc1. The smallest absolute Gasteiger partial charge is 0.0927 e. The maximum Gasteiger partial charge on any atom is 0.0927 e. The van der Waals surface area contributed by atoms with Crippen LogP contribution in [0.1, 0.15) is 5.56 Å². The van der Waals surface area contributed by atoms with Crippen molar-refractivity contribution < 1.29 is 4.74 Å². The average Bonchev–Trinajstić information content (AvgIpc) is 2.61. The van der Waals surface area contributed by atoms with Gasteiger partial charge in [0.2, 0.25) is 0 Å². The molecule has 0 aliphatic carbocycles. The summed E-state index contributed by atoms with van der Waals surface area (Å²) in [5.74, 6) is 0. The third-order valence-electron chi connectivity index (χ3n) is 3.87. The van der Waals surface area contributed by atoms with Gasteiger partial charge in [-0.05, 0) is 37.3 Å². The molecule has 132 valence electrons. The molecule has 0 N–H and O–H groups in total. The van der Waals surface area contributed by atoms with E-state index in [9.17, 15) is 0 Å². The maximum absolute atomic E-state index is 6.30. The predicted molar refractivity (Wildman–Crippen MR) is 108 cm³/mol. The summed E-state index contributed by atoms with van der Waals surface area (Å²) in [5, 5.41) is 2.23. The molecule has 0 spiro atoms. The second-order valence-corrected chi connectivity index (χ2v) is 7.90. The Kier molecular flexibility index (Phi) is 6.79. The molecule has 3 nitrogen and oxygen atoms in total. The number of aryl methyl sites for hydroxylation is 1. The van der Waals surface area contributed by atoms with Crippen molar-refractivity contribution in [2.24, 2.45) is 4.99 Å². The van der Waals surface area contributed by atoms with E-state index in [2.05, 4.69) is 36.1 Å². The van der Waals surface area contributed by atoms with E-state index < -0.39 is 0 Å². The highest BCUT2D eigenvalue weighted by atomic mass is 35.5. The van der Waals surface area contributed by atoms with Gasteiger partial charge in [-0.25, -0.2) is 4.99 Å². The minimum absolute atomic E-state index is 0.605. The van der Waals surface area contributed by atoms with Crippen LogP contribution >= 0.6 is 35.0 Å². The van der Waals surface area contributed by atoms with E-state index in [1.54, 1.807) is 30.0 Å². The van der Waals surface area contributed by atoms with E-state index in [0.29, 0.717) is 15.7 Å². The van der Waals surface area contributed by atoms with Crippen LogP contribution in [0.5, 0.6) is 0 Å². The largest absolute Gasteiger partial charge is 0.379 e. The van der Waals surface area contributed by atoms with Crippen LogP contribution in [-0.2, 0) is 4.74 Å². The van der Waals surface area contributed by atoms with E-state index in [-0.39, 0.29) is 0 Å². The molecular weight excluding hydrogens is 375 g/mol. The molecule has 1 heterocycles. The van der Waals surface area contributed by atoms with Crippen molar-refractivity contribution in [2.75, 3.05) is 32.8 Å². The van der Waals surface area contributed by atoms with Crippen molar-refractivity contribution in [3.8, 4) is 0 Å². The van der Waals surface area contributed by atoms with Crippen LogP contribution in [0.25, 0.3) is 0 Å². The highest BCUT2D eigenvalue weighted by molar-refractivity contribution is 8.14. The van der Waals surface area contributed by atoms with Crippen LogP contribution in [0.4, 0.5) is 5.69 Å². The fourth-order valence-electron chi connectivity index (χ4n) is 2.49. The number of ether oxygens (including phenoxy) is 1. The van der Waals surface area contributed by atoms with Gasteiger partial charge in [-0.1, -0.05) is 52.7 Å². The van der Waals surface area contributed by atoms with Crippen molar-refractivity contribution in [2.45, 2.75) is 11.8 Å². The van der Waals surface area contributed by atoms with Gasteiger partial charge in [0.1, 0.15) is 0 Å². The van der Waals surface area contributed by atoms with Gasteiger partial charge in [-0.2, -0.15) is 0 Å². The fourth-order valence-corrected chi connectivity index (χ4v) is 3.75. The summed E-state index contributed by atoms with van der Waals surface area (Å²) >= 11 is 14.1. The number of benzene rings is 2. The summed E-state index contributed by atoms with van der Waals surface area (Å²) in [6.07, 6.45) is 0. The number of rotatable bonds is 4. The summed E-state index contributed by atoms with van der Waals surface area (Å²) < 4.78 is 5.44. The Morgan fingerprint density at radius 2 is 1.84 bits per heavy atom. The molecule has 0 unspecified atom stereocenters. The molecule has 6 heteroatoms. The van der Waals surface area contributed by atoms with Crippen molar-refractivity contribution in [1.82, 2.24) is 4.90 Å². The minimum atomic E-state index is 0.605. The first-order valence-electron chi connectivity index (χ1n) is 8.17. The molecule has 25 heavy (non-hydrogen) atoms. The lowest BCUT2D eigenvalue weighted by molar-refractivity contribution is 0.0456. The minimum Gasteiger partial charge on any atom is -0.379 e. The Morgan fingerprint density at radius 3 is 2.56 bits per heavy atom. The summed E-state index contributed by atoms with van der Waals surface area (Å²) in [6, 6.07) is 13.8. The lowest BCUT2D eigenvalue weighted by Crippen LogP contribution is -2.39. The molecular formula is C19H20Cl2N2OS. The van der Waals surface area contributed by atoms with Gasteiger partial charge in [-0.15, -0.1) is 0 Å². The highest BCUT2D eigenvalue weighted by Crippen LogP contribution is 2.31. The van der Waals surface area contributed by atoms with Gasteiger partial charge in [0.15, 0.2) is 0 Å². The third-order valence-corrected chi connectivity index (χ3v) is 5.39. The Labute approximate surface area is 163 Å². The summed E-state index contributed by atoms with van der Waals surface area (Å²) in [7, 11) is 0. The van der Waals surface area contributed by atoms with Crippen LogP contribution in [0.2, 0.25) is 10.0 Å². The van der Waals surface area contributed by atoms with Gasteiger partial charge < -0.3 is 4.74 Å². The quantitative estimate of drug-likeness (QED) is 0.391. The Bertz CT molecular complexity index is 744. The van der Waals surface area contributed by atoms with E-state index in [1.807, 2.05) is 0 Å². The number of morpholine rings is 1. The predicted octanol–water partition coefficient (Wildman–Crippen LogP) is 5.46. The first-order valence-corrected chi connectivity index (χ1v) is 9.74. The van der Waals surface area contributed by atoms with Gasteiger partial charge in [0, 0.05) is 29.6 Å². The molecule has 1 saturated heterocycles. The Hall–Kier alpha value is -1.04. The molecule has 0 bridgehead atoms. The van der Waals surface area contributed by atoms with Crippen molar-refractivity contribution in [1.29, 1.82) is 0 Å². The van der Waals surface area contributed by atoms with Gasteiger partial charge in [0.25, 0.3) is 0 Å². The van der Waals surface area contributed by atoms with Crippen LogP contribution in [0, 0.1) is 6.92 Å². The number of hydrogen-bond acceptors (Lipinski definition) is 4. The molecule has 3 rings (SSSR count). The summed E-state index contributed by atoms with van der Waals surface area (Å²) in [5.41, 5.74) is 1.95. The lowest BCUT2D eigenvalue weighted by Gasteiger charge is -2.26.